The van der Waals surface area contributed by atoms with E-state index in [0.29, 0.717) is 13.0 Å². The van der Waals surface area contributed by atoms with Crippen LogP contribution in [0.5, 0.6) is 5.75 Å². The van der Waals surface area contributed by atoms with Gasteiger partial charge in [0.2, 0.25) is 5.91 Å². The number of piperazine rings is 1. The fraction of sp³-hybridized carbons (Fsp3) is 0.391. The maximum absolute atomic E-state index is 12.5. The molecule has 1 saturated heterocycles. The van der Waals surface area contributed by atoms with Crippen LogP contribution < -0.4 is 10.1 Å². The summed E-state index contributed by atoms with van der Waals surface area (Å²) in [4.78, 5) is 28.5. The van der Waals surface area contributed by atoms with Crippen LogP contribution in [0.25, 0.3) is 0 Å². The third kappa shape index (κ3) is 4.77. The molecule has 0 saturated carbocycles. The van der Waals surface area contributed by atoms with Gasteiger partial charge in [0.15, 0.2) is 0 Å². The van der Waals surface area contributed by atoms with E-state index in [1.165, 1.54) is 0 Å². The molecule has 4 rings (SSSR count). The number of hydrogen-bond acceptors (Lipinski definition) is 4. The number of ether oxygens (including phenoxy) is 1. The molecule has 0 aliphatic carbocycles. The average Bonchev–Trinajstić information content (AvgIpc) is 2.77. The summed E-state index contributed by atoms with van der Waals surface area (Å²) in [6, 6.07) is 15.4. The minimum absolute atomic E-state index is 0.0523. The van der Waals surface area contributed by atoms with Crippen LogP contribution in [0.1, 0.15) is 28.8 Å². The summed E-state index contributed by atoms with van der Waals surface area (Å²) in [7, 11) is 0. The van der Waals surface area contributed by atoms with Crippen molar-refractivity contribution >= 4 is 17.5 Å². The molecule has 0 bridgehead atoms. The zero-order valence-electron chi connectivity index (χ0n) is 16.6. The van der Waals surface area contributed by atoms with E-state index >= 15 is 0 Å². The standard InChI is InChI=1S/C23H27N3O3/c27-21-11-10-18-8-4-9-20(22(18)24-21)29-17-5-12-25-13-15-26(16-14-25)23(28)19-6-2-1-3-7-19/h1-4,6-9H,5,10-17H2,(H,24,27). The van der Waals surface area contributed by atoms with Gasteiger partial charge in [-0.3, -0.25) is 14.5 Å². The Balaban J connectivity index is 1.20. The highest BCUT2D eigenvalue weighted by Crippen LogP contribution is 2.32. The van der Waals surface area contributed by atoms with Crippen molar-refractivity contribution in [2.75, 3.05) is 44.6 Å². The van der Waals surface area contributed by atoms with Crippen LogP contribution in [0, 0.1) is 0 Å². The third-order valence-electron chi connectivity index (χ3n) is 5.55. The number of carbonyl (C=O) groups excluding carboxylic acids is 2. The number of anilines is 1. The minimum atomic E-state index is 0.0523. The summed E-state index contributed by atoms with van der Waals surface area (Å²) in [5.74, 6) is 0.926. The Labute approximate surface area is 171 Å². The molecule has 0 spiro atoms. The fourth-order valence-electron chi connectivity index (χ4n) is 3.91. The first-order chi connectivity index (χ1) is 14.2. The van der Waals surface area contributed by atoms with Crippen molar-refractivity contribution in [1.29, 1.82) is 0 Å². The van der Waals surface area contributed by atoms with Crippen LogP contribution in [0.15, 0.2) is 48.5 Å². The smallest absolute Gasteiger partial charge is 0.253 e. The van der Waals surface area contributed by atoms with Crippen LogP contribution in [0.3, 0.4) is 0 Å². The number of hydrogen-bond donors (Lipinski definition) is 1. The molecule has 29 heavy (non-hydrogen) atoms. The van der Waals surface area contributed by atoms with Gasteiger partial charge in [-0.25, -0.2) is 0 Å². The average molecular weight is 393 g/mol. The Hall–Kier alpha value is -2.86. The summed E-state index contributed by atoms with van der Waals surface area (Å²) in [6.07, 6.45) is 2.21. The van der Waals surface area contributed by atoms with Crippen LogP contribution in [-0.4, -0.2) is 60.9 Å². The lowest BCUT2D eigenvalue weighted by molar-refractivity contribution is -0.116. The predicted octanol–water partition coefficient (Wildman–Crippen LogP) is 2.80. The second-order valence-corrected chi connectivity index (χ2v) is 7.54. The van der Waals surface area contributed by atoms with E-state index in [4.69, 9.17) is 4.74 Å². The molecule has 2 aromatic carbocycles. The molecule has 6 nitrogen and oxygen atoms in total. The Morgan fingerprint density at radius 2 is 1.76 bits per heavy atom. The summed E-state index contributed by atoms with van der Waals surface area (Å²) < 4.78 is 5.96. The maximum atomic E-state index is 12.5. The van der Waals surface area contributed by atoms with Crippen molar-refractivity contribution < 1.29 is 14.3 Å². The number of fused-ring (bicyclic) bond motifs is 1. The van der Waals surface area contributed by atoms with Gasteiger partial charge in [-0.15, -0.1) is 0 Å². The van der Waals surface area contributed by atoms with E-state index in [2.05, 4.69) is 10.2 Å². The summed E-state index contributed by atoms with van der Waals surface area (Å²) in [6.45, 7) is 4.83. The van der Waals surface area contributed by atoms with Crippen molar-refractivity contribution in [1.82, 2.24) is 9.80 Å². The van der Waals surface area contributed by atoms with Crippen molar-refractivity contribution in [3.63, 3.8) is 0 Å². The van der Waals surface area contributed by atoms with E-state index in [1.54, 1.807) is 0 Å². The quantitative estimate of drug-likeness (QED) is 0.767. The van der Waals surface area contributed by atoms with Crippen molar-refractivity contribution in [2.24, 2.45) is 0 Å². The van der Waals surface area contributed by atoms with E-state index < -0.39 is 0 Å². The van der Waals surface area contributed by atoms with Gasteiger partial charge in [-0.05, 0) is 36.6 Å². The Kier molecular flexibility index (Phi) is 6.10. The predicted molar refractivity (Wildman–Crippen MR) is 112 cm³/mol. The van der Waals surface area contributed by atoms with Crippen molar-refractivity contribution in [2.45, 2.75) is 19.3 Å². The molecule has 2 aliphatic heterocycles. The number of para-hydroxylation sites is 1. The maximum Gasteiger partial charge on any atom is 0.253 e. The largest absolute Gasteiger partial charge is 0.491 e. The van der Waals surface area contributed by atoms with Crippen LogP contribution in [0.4, 0.5) is 5.69 Å². The second kappa shape index (κ2) is 9.09. The van der Waals surface area contributed by atoms with Gasteiger partial charge in [-0.2, -0.15) is 0 Å². The fourth-order valence-corrected chi connectivity index (χ4v) is 3.91. The topological polar surface area (TPSA) is 61.9 Å². The van der Waals surface area contributed by atoms with E-state index in [1.807, 2.05) is 53.4 Å². The van der Waals surface area contributed by atoms with Gasteiger partial charge >= 0.3 is 0 Å². The first-order valence-electron chi connectivity index (χ1n) is 10.3. The molecule has 1 fully saturated rings. The Bertz CT molecular complexity index is 861. The van der Waals surface area contributed by atoms with E-state index in [-0.39, 0.29) is 11.8 Å². The van der Waals surface area contributed by atoms with Gasteiger partial charge in [0, 0.05) is 44.7 Å². The minimum Gasteiger partial charge on any atom is -0.491 e. The molecule has 152 valence electrons. The molecule has 1 N–H and O–H groups in total. The number of carbonyl (C=O) groups is 2. The molecule has 2 aliphatic rings. The van der Waals surface area contributed by atoms with Gasteiger partial charge < -0.3 is 15.0 Å². The van der Waals surface area contributed by atoms with Crippen molar-refractivity contribution in [3.05, 3.63) is 59.7 Å². The monoisotopic (exact) mass is 393 g/mol. The molecular formula is C23H27N3O3. The number of nitrogens with zero attached hydrogens (tertiary/aromatic N) is 2. The number of amides is 2. The summed E-state index contributed by atoms with van der Waals surface area (Å²) in [5.41, 5.74) is 2.73. The molecule has 0 aromatic heterocycles. The SMILES string of the molecule is O=C1CCc2cccc(OCCCN3CCN(C(=O)c4ccccc4)CC3)c2N1. The highest BCUT2D eigenvalue weighted by atomic mass is 16.5. The van der Waals surface area contributed by atoms with Gasteiger partial charge in [0.05, 0.1) is 12.3 Å². The lowest BCUT2D eigenvalue weighted by Gasteiger charge is -2.34. The molecule has 6 heteroatoms. The number of aryl methyl sites for hydroxylation is 1. The van der Waals surface area contributed by atoms with Crippen molar-refractivity contribution in [3.8, 4) is 5.75 Å². The number of nitrogens with one attached hydrogen (secondary N) is 1. The molecule has 2 amide bonds. The van der Waals surface area contributed by atoms with Crippen LogP contribution in [-0.2, 0) is 11.2 Å². The first-order valence-corrected chi connectivity index (χ1v) is 10.3. The Morgan fingerprint density at radius 3 is 2.55 bits per heavy atom. The number of rotatable bonds is 6. The molecule has 0 radical (unpaired) electrons. The third-order valence-corrected chi connectivity index (χ3v) is 5.55. The van der Waals surface area contributed by atoms with Gasteiger partial charge in [0.1, 0.15) is 5.75 Å². The van der Waals surface area contributed by atoms with Crippen LogP contribution in [0.2, 0.25) is 0 Å². The second-order valence-electron chi connectivity index (χ2n) is 7.54. The highest BCUT2D eigenvalue weighted by Gasteiger charge is 2.22. The molecule has 2 heterocycles. The van der Waals surface area contributed by atoms with Gasteiger partial charge in [0.25, 0.3) is 5.91 Å². The zero-order chi connectivity index (χ0) is 20.1. The number of benzene rings is 2. The summed E-state index contributed by atoms with van der Waals surface area (Å²) in [5, 5.41) is 2.94. The van der Waals surface area contributed by atoms with Gasteiger partial charge in [-0.1, -0.05) is 30.3 Å². The lowest BCUT2D eigenvalue weighted by atomic mass is 10.0. The van der Waals surface area contributed by atoms with E-state index in [0.717, 1.165) is 68.1 Å². The van der Waals surface area contributed by atoms with E-state index in [9.17, 15) is 9.59 Å². The highest BCUT2D eigenvalue weighted by molar-refractivity contribution is 5.95. The molecule has 0 atom stereocenters. The summed E-state index contributed by atoms with van der Waals surface area (Å²) >= 11 is 0. The molecular weight excluding hydrogens is 366 g/mol. The molecule has 2 aromatic rings. The lowest BCUT2D eigenvalue weighted by Crippen LogP contribution is -2.49. The molecule has 0 unspecified atom stereocenters. The Morgan fingerprint density at radius 1 is 0.966 bits per heavy atom. The van der Waals surface area contributed by atoms with Crippen LogP contribution >= 0.6 is 0 Å². The zero-order valence-corrected chi connectivity index (χ0v) is 16.6. The normalized spacial score (nSPS) is 16.8. The first kappa shape index (κ1) is 19.5.